The van der Waals surface area contributed by atoms with Gasteiger partial charge in [-0.05, 0) is 35.7 Å². The Bertz CT molecular complexity index is 1060. The maximum Gasteiger partial charge on any atom is 0.220 e. The average Bonchev–Trinajstić information content (AvgIpc) is 2.81. The number of aromatic nitrogens is 1. The summed E-state index contributed by atoms with van der Waals surface area (Å²) in [5.41, 5.74) is 1.66. The third kappa shape index (κ3) is 5.87. The Morgan fingerprint density at radius 2 is 1.81 bits per heavy atom. The van der Waals surface area contributed by atoms with Crippen molar-refractivity contribution in [2.45, 2.75) is 19.4 Å². The van der Waals surface area contributed by atoms with Gasteiger partial charge in [-0.2, -0.15) is 0 Å². The summed E-state index contributed by atoms with van der Waals surface area (Å²) in [6.07, 6.45) is 2.36. The van der Waals surface area contributed by atoms with E-state index in [4.69, 9.17) is 18.9 Å². The van der Waals surface area contributed by atoms with Gasteiger partial charge in [0.1, 0.15) is 11.6 Å². The summed E-state index contributed by atoms with van der Waals surface area (Å²) in [6, 6.07) is 12.9. The van der Waals surface area contributed by atoms with Crippen molar-refractivity contribution in [2.75, 3.05) is 21.3 Å². The number of hydrogen-bond acceptors (Lipinski definition) is 6. The molecule has 1 N–H and O–H groups in total. The summed E-state index contributed by atoms with van der Waals surface area (Å²) in [5, 5.41) is 2.87. The monoisotopic (exact) mass is 440 g/mol. The molecule has 1 amide bonds. The number of ether oxygens (including phenoxy) is 4. The van der Waals surface area contributed by atoms with E-state index in [2.05, 4.69) is 10.3 Å². The van der Waals surface area contributed by atoms with Crippen molar-refractivity contribution in [3.8, 4) is 28.9 Å². The van der Waals surface area contributed by atoms with Gasteiger partial charge < -0.3 is 24.3 Å². The van der Waals surface area contributed by atoms with Crippen LogP contribution in [0, 0.1) is 5.82 Å². The Morgan fingerprint density at radius 3 is 2.47 bits per heavy atom. The van der Waals surface area contributed by atoms with E-state index in [0.717, 1.165) is 11.1 Å². The summed E-state index contributed by atoms with van der Waals surface area (Å²) in [6.45, 7) is 0.329. The van der Waals surface area contributed by atoms with Gasteiger partial charge in [0, 0.05) is 31.3 Å². The Hall–Kier alpha value is -3.81. The second-order valence-electron chi connectivity index (χ2n) is 6.83. The summed E-state index contributed by atoms with van der Waals surface area (Å²) >= 11 is 0. The highest BCUT2D eigenvalue weighted by Crippen LogP contribution is 2.40. The quantitative estimate of drug-likeness (QED) is 0.507. The molecule has 0 radical (unpaired) electrons. The topological polar surface area (TPSA) is 78.9 Å². The van der Waals surface area contributed by atoms with E-state index >= 15 is 0 Å². The van der Waals surface area contributed by atoms with Crippen LogP contribution in [0.5, 0.6) is 28.9 Å². The number of amides is 1. The number of aryl methyl sites for hydroxylation is 1. The van der Waals surface area contributed by atoms with Gasteiger partial charge in [0.15, 0.2) is 11.5 Å². The van der Waals surface area contributed by atoms with E-state index in [1.165, 1.54) is 12.1 Å². The molecule has 0 saturated heterocycles. The van der Waals surface area contributed by atoms with Crippen molar-refractivity contribution in [2.24, 2.45) is 0 Å². The van der Waals surface area contributed by atoms with Gasteiger partial charge in [-0.1, -0.05) is 18.2 Å². The summed E-state index contributed by atoms with van der Waals surface area (Å²) in [7, 11) is 4.65. The first-order chi connectivity index (χ1) is 15.5. The molecule has 7 nitrogen and oxygen atoms in total. The maximum atomic E-state index is 13.2. The van der Waals surface area contributed by atoms with Crippen LogP contribution in [0.2, 0.25) is 0 Å². The molecule has 0 saturated carbocycles. The van der Waals surface area contributed by atoms with Gasteiger partial charge in [-0.3, -0.25) is 4.79 Å². The van der Waals surface area contributed by atoms with Crippen molar-refractivity contribution < 1.29 is 28.1 Å². The van der Waals surface area contributed by atoms with Crippen molar-refractivity contribution in [3.05, 3.63) is 71.7 Å². The van der Waals surface area contributed by atoms with Gasteiger partial charge in [0.05, 0.1) is 21.3 Å². The SMILES string of the molecule is COc1ccc(CCC(=O)NCc2ccc(Oc3cccc(F)c3)nc2)c(OC)c1OC. The van der Waals surface area contributed by atoms with E-state index < -0.39 is 0 Å². The van der Waals surface area contributed by atoms with E-state index in [-0.39, 0.29) is 18.1 Å². The maximum absolute atomic E-state index is 13.2. The molecule has 1 aromatic heterocycles. The largest absolute Gasteiger partial charge is 0.493 e. The normalized spacial score (nSPS) is 10.4. The minimum Gasteiger partial charge on any atom is -0.493 e. The zero-order valence-electron chi connectivity index (χ0n) is 18.2. The van der Waals surface area contributed by atoms with Crippen LogP contribution >= 0.6 is 0 Å². The standard InChI is InChI=1S/C24H25FN2O5/c1-29-20-10-8-17(23(30-2)24(20)31-3)9-11-21(28)26-14-16-7-12-22(27-15-16)32-19-6-4-5-18(25)13-19/h4-8,10,12-13,15H,9,11,14H2,1-3H3,(H,26,28). The first kappa shape index (κ1) is 22.9. The molecule has 0 unspecified atom stereocenters. The Balaban J connectivity index is 1.52. The molecule has 0 bridgehead atoms. The number of halogens is 1. The lowest BCUT2D eigenvalue weighted by molar-refractivity contribution is -0.121. The first-order valence-electron chi connectivity index (χ1n) is 9.97. The third-order valence-electron chi connectivity index (χ3n) is 4.71. The lowest BCUT2D eigenvalue weighted by Crippen LogP contribution is -2.23. The molecular weight excluding hydrogens is 415 g/mol. The molecule has 3 aromatic rings. The van der Waals surface area contributed by atoms with Crippen LogP contribution in [-0.4, -0.2) is 32.2 Å². The van der Waals surface area contributed by atoms with Crippen LogP contribution in [0.3, 0.4) is 0 Å². The molecule has 0 aliphatic carbocycles. The highest BCUT2D eigenvalue weighted by atomic mass is 19.1. The molecule has 3 rings (SSSR count). The Morgan fingerprint density at radius 1 is 1.00 bits per heavy atom. The second-order valence-corrected chi connectivity index (χ2v) is 6.83. The third-order valence-corrected chi connectivity index (χ3v) is 4.71. The highest BCUT2D eigenvalue weighted by molar-refractivity contribution is 5.76. The molecule has 0 aliphatic rings. The van der Waals surface area contributed by atoms with Crippen molar-refractivity contribution >= 4 is 5.91 Å². The van der Waals surface area contributed by atoms with Crippen molar-refractivity contribution in [1.29, 1.82) is 0 Å². The van der Waals surface area contributed by atoms with E-state index in [1.54, 1.807) is 57.9 Å². The van der Waals surface area contributed by atoms with Crippen LogP contribution in [0.15, 0.2) is 54.7 Å². The average molecular weight is 440 g/mol. The fourth-order valence-corrected chi connectivity index (χ4v) is 3.12. The van der Waals surface area contributed by atoms with Crippen molar-refractivity contribution in [3.63, 3.8) is 0 Å². The zero-order chi connectivity index (χ0) is 22.9. The number of nitrogens with zero attached hydrogens (tertiary/aromatic N) is 1. The smallest absolute Gasteiger partial charge is 0.220 e. The number of rotatable bonds is 10. The molecule has 2 aromatic carbocycles. The number of nitrogens with one attached hydrogen (secondary N) is 1. The van der Waals surface area contributed by atoms with Crippen LogP contribution in [0.25, 0.3) is 0 Å². The predicted octanol–water partition coefficient (Wildman–Crippen LogP) is 4.29. The molecule has 0 spiro atoms. The highest BCUT2D eigenvalue weighted by Gasteiger charge is 2.16. The van der Waals surface area contributed by atoms with E-state index in [0.29, 0.717) is 41.8 Å². The van der Waals surface area contributed by atoms with Crippen LogP contribution in [0.4, 0.5) is 4.39 Å². The lowest BCUT2D eigenvalue weighted by Gasteiger charge is -2.15. The van der Waals surface area contributed by atoms with E-state index in [1.807, 2.05) is 6.07 Å². The summed E-state index contributed by atoms with van der Waals surface area (Å²) < 4.78 is 34.9. The molecule has 0 aliphatic heterocycles. The number of methoxy groups -OCH3 is 3. The molecule has 1 heterocycles. The fourth-order valence-electron chi connectivity index (χ4n) is 3.12. The minimum atomic E-state index is -0.382. The molecule has 168 valence electrons. The second kappa shape index (κ2) is 11.0. The van der Waals surface area contributed by atoms with Gasteiger partial charge in [-0.15, -0.1) is 0 Å². The molecule has 32 heavy (non-hydrogen) atoms. The van der Waals surface area contributed by atoms with Gasteiger partial charge in [0.25, 0.3) is 0 Å². The molecule has 0 atom stereocenters. The predicted molar refractivity (Wildman–Crippen MR) is 117 cm³/mol. The van der Waals surface area contributed by atoms with Crippen molar-refractivity contribution in [1.82, 2.24) is 10.3 Å². The lowest BCUT2D eigenvalue weighted by atomic mass is 10.1. The van der Waals surface area contributed by atoms with E-state index in [9.17, 15) is 9.18 Å². The molecular formula is C24H25FN2O5. The Kier molecular flexibility index (Phi) is 7.85. The van der Waals surface area contributed by atoms with Gasteiger partial charge in [0.2, 0.25) is 17.5 Å². The zero-order valence-corrected chi connectivity index (χ0v) is 18.2. The van der Waals surface area contributed by atoms with Gasteiger partial charge >= 0.3 is 0 Å². The number of carbonyl (C=O) groups is 1. The Labute approximate surface area is 186 Å². The first-order valence-corrected chi connectivity index (χ1v) is 9.97. The van der Waals surface area contributed by atoms with Crippen LogP contribution in [0.1, 0.15) is 17.5 Å². The van der Waals surface area contributed by atoms with Crippen LogP contribution in [-0.2, 0) is 17.8 Å². The summed E-state index contributed by atoms with van der Waals surface area (Å²) in [5.74, 6) is 1.83. The summed E-state index contributed by atoms with van der Waals surface area (Å²) in [4.78, 5) is 16.5. The van der Waals surface area contributed by atoms with Crippen LogP contribution < -0.4 is 24.3 Å². The number of hydrogen-bond donors (Lipinski definition) is 1. The fraction of sp³-hybridized carbons (Fsp3) is 0.250. The number of pyridine rings is 1. The number of carbonyl (C=O) groups excluding carboxylic acids is 1. The minimum absolute atomic E-state index is 0.109. The molecule has 8 heteroatoms. The molecule has 0 fully saturated rings. The number of benzene rings is 2. The van der Waals surface area contributed by atoms with Gasteiger partial charge in [-0.25, -0.2) is 9.37 Å².